The molecular formula is C13H22ClN3. The fraction of sp³-hybridized carbons (Fsp3) is 0.692. The van der Waals surface area contributed by atoms with E-state index >= 15 is 0 Å². The average molecular weight is 256 g/mol. The maximum Gasteiger partial charge on any atom is 0.223 e. The van der Waals surface area contributed by atoms with Crippen LogP contribution in [0.1, 0.15) is 51.9 Å². The number of hydrogen-bond donors (Lipinski definition) is 1. The van der Waals surface area contributed by atoms with Crippen molar-refractivity contribution in [3.8, 4) is 0 Å². The SMILES string of the molecule is Cc1cc(C(C)C)nc(NC(C)(C)C(C)Cl)n1. The zero-order valence-electron chi connectivity index (χ0n) is 11.5. The zero-order chi connectivity index (χ0) is 13.2. The lowest BCUT2D eigenvalue weighted by atomic mass is 10.0. The summed E-state index contributed by atoms with van der Waals surface area (Å²) in [6.45, 7) is 12.3. The molecule has 0 aliphatic carbocycles. The Bertz CT molecular complexity index is 386. The Balaban J connectivity index is 2.99. The monoisotopic (exact) mass is 255 g/mol. The minimum Gasteiger partial charge on any atom is -0.348 e. The van der Waals surface area contributed by atoms with Crippen molar-refractivity contribution in [1.82, 2.24) is 9.97 Å². The van der Waals surface area contributed by atoms with E-state index in [0.29, 0.717) is 11.9 Å². The Morgan fingerprint density at radius 2 is 1.82 bits per heavy atom. The lowest BCUT2D eigenvalue weighted by molar-refractivity contribution is 0.548. The van der Waals surface area contributed by atoms with Crippen LogP contribution in [0.4, 0.5) is 5.95 Å². The van der Waals surface area contributed by atoms with Gasteiger partial charge < -0.3 is 5.32 Å². The van der Waals surface area contributed by atoms with Crippen molar-refractivity contribution >= 4 is 17.5 Å². The first-order valence-electron chi connectivity index (χ1n) is 6.00. The molecule has 0 bridgehead atoms. The first-order valence-corrected chi connectivity index (χ1v) is 6.44. The first kappa shape index (κ1) is 14.2. The van der Waals surface area contributed by atoms with Gasteiger partial charge in [0.25, 0.3) is 0 Å². The van der Waals surface area contributed by atoms with Crippen molar-refractivity contribution in [3.05, 3.63) is 17.5 Å². The number of alkyl halides is 1. The standard InChI is InChI=1S/C13H22ClN3/c1-8(2)11-7-9(3)15-12(16-11)17-13(5,6)10(4)14/h7-8,10H,1-6H3,(H,15,16,17). The minimum atomic E-state index is -0.233. The molecule has 4 heteroatoms. The summed E-state index contributed by atoms with van der Waals surface area (Å²) >= 11 is 6.14. The number of aromatic nitrogens is 2. The Morgan fingerprint density at radius 1 is 1.24 bits per heavy atom. The summed E-state index contributed by atoms with van der Waals surface area (Å²) in [5.41, 5.74) is 1.80. The maximum atomic E-state index is 6.14. The summed E-state index contributed by atoms with van der Waals surface area (Å²) in [6, 6.07) is 2.02. The lowest BCUT2D eigenvalue weighted by Gasteiger charge is -2.29. The second kappa shape index (κ2) is 5.21. The molecule has 0 aliphatic heterocycles. The van der Waals surface area contributed by atoms with E-state index in [9.17, 15) is 0 Å². The van der Waals surface area contributed by atoms with Gasteiger partial charge in [-0.2, -0.15) is 0 Å². The number of nitrogens with zero attached hydrogens (tertiary/aromatic N) is 2. The summed E-state index contributed by atoms with van der Waals surface area (Å²) in [7, 11) is 0. The molecular weight excluding hydrogens is 234 g/mol. The summed E-state index contributed by atoms with van der Waals surface area (Å²) < 4.78 is 0. The molecule has 1 N–H and O–H groups in total. The fourth-order valence-corrected chi connectivity index (χ4v) is 1.39. The van der Waals surface area contributed by atoms with Crippen molar-refractivity contribution in [3.63, 3.8) is 0 Å². The van der Waals surface area contributed by atoms with Crippen molar-refractivity contribution < 1.29 is 0 Å². The molecule has 0 aliphatic rings. The van der Waals surface area contributed by atoms with E-state index in [1.54, 1.807) is 0 Å². The maximum absolute atomic E-state index is 6.14. The van der Waals surface area contributed by atoms with Gasteiger partial charge in [0.15, 0.2) is 0 Å². The highest BCUT2D eigenvalue weighted by Gasteiger charge is 2.25. The molecule has 0 amide bonds. The third kappa shape index (κ3) is 3.84. The molecule has 1 heterocycles. The van der Waals surface area contributed by atoms with Crippen molar-refractivity contribution in [2.75, 3.05) is 5.32 Å². The largest absolute Gasteiger partial charge is 0.348 e. The molecule has 1 rings (SSSR count). The van der Waals surface area contributed by atoms with Gasteiger partial charge in [0, 0.05) is 11.4 Å². The molecule has 0 saturated carbocycles. The summed E-state index contributed by atoms with van der Waals surface area (Å²) in [5, 5.41) is 3.29. The molecule has 17 heavy (non-hydrogen) atoms. The Kier molecular flexibility index (Phi) is 4.36. The third-order valence-corrected chi connectivity index (χ3v) is 3.44. The summed E-state index contributed by atoms with van der Waals surface area (Å²) in [4.78, 5) is 8.92. The van der Waals surface area contributed by atoms with Gasteiger partial charge >= 0.3 is 0 Å². The smallest absolute Gasteiger partial charge is 0.223 e. The Hall–Kier alpha value is -0.830. The number of rotatable bonds is 4. The number of aryl methyl sites for hydroxylation is 1. The molecule has 0 aromatic carbocycles. The first-order chi connectivity index (χ1) is 7.72. The van der Waals surface area contributed by atoms with Gasteiger partial charge in [0.1, 0.15) is 0 Å². The van der Waals surface area contributed by atoms with Gasteiger partial charge in [-0.3, -0.25) is 0 Å². The molecule has 0 fully saturated rings. The molecule has 0 saturated heterocycles. The number of anilines is 1. The van der Waals surface area contributed by atoms with Crippen LogP contribution in [0, 0.1) is 6.92 Å². The van der Waals surface area contributed by atoms with Gasteiger partial charge in [-0.05, 0) is 39.7 Å². The normalized spacial score (nSPS) is 13.9. The van der Waals surface area contributed by atoms with E-state index in [0.717, 1.165) is 11.4 Å². The molecule has 1 aromatic rings. The van der Waals surface area contributed by atoms with Crippen molar-refractivity contribution in [1.29, 1.82) is 0 Å². The molecule has 0 spiro atoms. The van der Waals surface area contributed by atoms with Gasteiger partial charge in [0.05, 0.1) is 10.9 Å². The topological polar surface area (TPSA) is 37.8 Å². The van der Waals surface area contributed by atoms with Crippen molar-refractivity contribution in [2.45, 2.75) is 58.4 Å². The number of nitrogens with one attached hydrogen (secondary N) is 1. The summed E-state index contributed by atoms with van der Waals surface area (Å²) in [5.74, 6) is 1.06. The zero-order valence-corrected chi connectivity index (χ0v) is 12.3. The van der Waals surface area contributed by atoms with Gasteiger partial charge in [-0.1, -0.05) is 13.8 Å². The second-order valence-corrected chi connectivity index (χ2v) is 6.03. The van der Waals surface area contributed by atoms with Crippen LogP contribution in [0.2, 0.25) is 0 Å². The minimum absolute atomic E-state index is 0.00545. The number of halogens is 1. The third-order valence-electron chi connectivity index (χ3n) is 2.89. The Labute approximate surface area is 109 Å². The van der Waals surface area contributed by atoms with E-state index in [4.69, 9.17) is 11.6 Å². The highest BCUT2D eigenvalue weighted by atomic mass is 35.5. The molecule has 1 aromatic heterocycles. The van der Waals surface area contributed by atoms with E-state index in [1.165, 1.54) is 0 Å². The predicted octanol–water partition coefficient (Wildman–Crippen LogP) is 3.73. The van der Waals surface area contributed by atoms with Crippen LogP contribution in [-0.4, -0.2) is 20.9 Å². The number of hydrogen-bond acceptors (Lipinski definition) is 3. The molecule has 1 atom stereocenters. The van der Waals surface area contributed by atoms with Crippen LogP contribution in [0.5, 0.6) is 0 Å². The highest BCUT2D eigenvalue weighted by Crippen LogP contribution is 2.21. The van der Waals surface area contributed by atoms with Crippen LogP contribution in [0.15, 0.2) is 6.07 Å². The Morgan fingerprint density at radius 3 is 2.29 bits per heavy atom. The van der Waals surface area contributed by atoms with E-state index < -0.39 is 0 Å². The second-order valence-electron chi connectivity index (χ2n) is 5.38. The predicted molar refractivity (Wildman–Crippen MR) is 73.9 cm³/mol. The summed E-state index contributed by atoms with van der Waals surface area (Å²) in [6.07, 6.45) is 0. The van der Waals surface area contributed by atoms with E-state index in [-0.39, 0.29) is 10.9 Å². The quantitative estimate of drug-likeness (QED) is 0.834. The molecule has 0 radical (unpaired) electrons. The lowest BCUT2D eigenvalue weighted by Crippen LogP contribution is -2.39. The van der Waals surface area contributed by atoms with Crippen LogP contribution in [-0.2, 0) is 0 Å². The van der Waals surface area contributed by atoms with Gasteiger partial charge in [-0.25, -0.2) is 9.97 Å². The molecule has 96 valence electrons. The average Bonchev–Trinajstić information content (AvgIpc) is 2.15. The van der Waals surface area contributed by atoms with Gasteiger partial charge in [0.2, 0.25) is 5.95 Å². The molecule has 3 nitrogen and oxygen atoms in total. The van der Waals surface area contributed by atoms with Crippen LogP contribution >= 0.6 is 11.6 Å². The molecule has 1 unspecified atom stereocenters. The van der Waals surface area contributed by atoms with E-state index in [2.05, 4.69) is 29.1 Å². The van der Waals surface area contributed by atoms with Gasteiger partial charge in [-0.15, -0.1) is 11.6 Å². The van der Waals surface area contributed by atoms with Crippen LogP contribution in [0.25, 0.3) is 0 Å². The van der Waals surface area contributed by atoms with Crippen molar-refractivity contribution in [2.24, 2.45) is 0 Å². The van der Waals surface area contributed by atoms with Crippen LogP contribution < -0.4 is 5.32 Å². The van der Waals surface area contributed by atoms with E-state index in [1.807, 2.05) is 33.8 Å². The highest BCUT2D eigenvalue weighted by molar-refractivity contribution is 6.21. The van der Waals surface area contributed by atoms with Crippen LogP contribution in [0.3, 0.4) is 0 Å². The fourth-order valence-electron chi connectivity index (χ4n) is 1.33.